The molecular formula is C11H15N3S2. The van der Waals surface area contributed by atoms with Gasteiger partial charge in [-0.05, 0) is 6.92 Å². The van der Waals surface area contributed by atoms with Crippen molar-refractivity contribution in [2.45, 2.75) is 26.7 Å². The summed E-state index contributed by atoms with van der Waals surface area (Å²) in [7, 11) is 0. The van der Waals surface area contributed by atoms with Gasteiger partial charge in [-0.15, -0.1) is 22.7 Å². The molecule has 0 aromatic carbocycles. The highest BCUT2D eigenvalue weighted by molar-refractivity contribution is 7.16. The first-order chi connectivity index (χ1) is 7.70. The second-order valence-electron chi connectivity index (χ2n) is 3.79. The van der Waals surface area contributed by atoms with Crippen LogP contribution in [0.15, 0.2) is 11.6 Å². The molecule has 0 unspecified atom stereocenters. The van der Waals surface area contributed by atoms with Gasteiger partial charge in [0, 0.05) is 24.0 Å². The third kappa shape index (κ3) is 2.41. The van der Waals surface area contributed by atoms with E-state index in [-0.39, 0.29) is 0 Å². The molecule has 0 bridgehead atoms. The van der Waals surface area contributed by atoms with E-state index in [4.69, 9.17) is 0 Å². The normalized spacial score (nSPS) is 11.0. The highest BCUT2D eigenvalue weighted by atomic mass is 32.1. The van der Waals surface area contributed by atoms with E-state index in [1.807, 2.05) is 6.20 Å². The number of thiazole rings is 2. The molecule has 16 heavy (non-hydrogen) atoms. The first kappa shape index (κ1) is 11.5. The van der Waals surface area contributed by atoms with Crippen LogP contribution < -0.4 is 5.32 Å². The van der Waals surface area contributed by atoms with Crippen LogP contribution in [0.1, 0.15) is 31.7 Å². The Morgan fingerprint density at radius 1 is 1.44 bits per heavy atom. The van der Waals surface area contributed by atoms with Gasteiger partial charge in [-0.2, -0.15) is 0 Å². The van der Waals surface area contributed by atoms with Gasteiger partial charge in [-0.3, -0.25) is 0 Å². The van der Waals surface area contributed by atoms with E-state index in [0.29, 0.717) is 5.92 Å². The lowest BCUT2D eigenvalue weighted by Gasteiger charge is -1.95. The molecule has 2 rings (SSSR count). The average Bonchev–Trinajstić information content (AvgIpc) is 2.84. The van der Waals surface area contributed by atoms with E-state index >= 15 is 0 Å². The number of nitrogens with zero attached hydrogens (tertiary/aromatic N) is 2. The van der Waals surface area contributed by atoms with Crippen LogP contribution in [0, 0.1) is 0 Å². The van der Waals surface area contributed by atoms with Crippen molar-refractivity contribution < 1.29 is 0 Å². The largest absolute Gasteiger partial charge is 0.362 e. The fraction of sp³-hybridized carbons (Fsp3) is 0.455. The molecule has 0 aliphatic rings. The molecule has 0 aliphatic heterocycles. The Kier molecular flexibility index (Phi) is 3.56. The molecule has 0 radical (unpaired) electrons. The molecule has 0 atom stereocenters. The molecule has 2 heterocycles. The van der Waals surface area contributed by atoms with E-state index in [1.165, 1.54) is 5.01 Å². The van der Waals surface area contributed by atoms with Crippen molar-refractivity contribution in [3.8, 4) is 10.6 Å². The lowest BCUT2D eigenvalue weighted by atomic mass is 10.2. The van der Waals surface area contributed by atoms with Gasteiger partial charge in [0.25, 0.3) is 0 Å². The molecular weight excluding hydrogens is 238 g/mol. The number of hydrogen-bond acceptors (Lipinski definition) is 5. The van der Waals surface area contributed by atoms with Gasteiger partial charge < -0.3 is 5.32 Å². The monoisotopic (exact) mass is 253 g/mol. The van der Waals surface area contributed by atoms with Crippen LogP contribution in [0.5, 0.6) is 0 Å². The molecule has 1 N–H and O–H groups in total. The molecule has 0 saturated heterocycles. The van der Waals surface area contributed by atoms with Crippen molar-refractivity contribution in [2.24, 2.45) is 0 Å². The Hall–Kier alpha value is -0.940. The quantitative estimate of drug-likeness (QED) is 0.900. The van der Waals surface area contributed by atoms with Gasteiger partial charge >= 0.3 is 0 Å². The number of hydrogen-bond donors (Lipinski definition) is 1. The van der Waals surface area contributed by atoms with Gasteiger partial charge in [0.2, 0.25) is 0 Å². The molecule has 0 fully saturated rings. The summed E-state index contributed by atoms with van der Waals surface area (Å²) in [5.41, 5.74) is 1.03. The Morgan fingerprint density at radius 3 is 2.88 bits per heavy atom. The first-order valence-electron chi connectivity index (χ1n) is 5.36. The number of rotatable bonds is 4. The van der Waals surface area contributed by atoms with Crippen molar-refractivity contribution in [1.82, 2.24) is 9.97 Å². The smallest absolute Gasteiger partial charge is 0.183 e. The maximum atomic E-state index is 4.52. The zero-order chi connectivity index (χ0) is 11.5. The minimum atomic E-state index is 0.491. The molecule has 0 saturated carbocycles. The average molecular weight is 253 g/mol. The second-order valence-corrected chi connectivity index (χ2v) is 5.71. The summed E-state index contributed by atoms with van der Waals surface area (Å²) in [4.78, 5) is 10.1. The SMILES string of the molecule is CCNc1nc(-c2cnc(C(C)C)s2)cs1. The Balaban J connectivity index is 2.21. The maximum absolute atomic E-state index is 4.52. The lowest BCUT2D eigenvalue weighted by Crippen LogP contribution is -1.94. The standard InChI is InChI=1S/C11H15N3S2/c1-4-12-11-14-8(6-15-11)9-5-13-10(16-9)7(2)3/h5-7H,4H2,1-3H3,(H,12,14). The van der Waals surface area contributed by atoms with E-state index in [2.05, 4.69) is 41.4 Å². The Labute approximate surface area is 104 Å². The van der Waals surface area contributed by atoms with Crippen molar-refractivity contribution >= 4 is 27.8 Å². The topological polar surface area (TPSA) is 37.8 Å². The van der Waals surface area contributed by atoms with Crippen LogP contribution >= 0.6 is 22.7 Å². The van der Waals surface area contributed by atoms with E-state index in [0.717, 1.165) is 22.2 Å². The minimum absolute atomic E-state index is 0.491. The summed E-state index contributed by atoms with van der Waals surface area (Å²) < 4.78 is 0. The summed E-state index contributed by atoms with van der Waals surface area (Å²) in [6.45, 7) is 7.30. The van der Waals surface area contributed by atoms with Crippen molar-refractivity contribution in [3.63, 3.8) is 0 Å². The van der Waals surface area contributed by atoms with Crippen molar-refractivity contribution in [1.29, 1.82) is 0 Å². The predicted molar refractivity (Wildman–Crippen MR) is 71.5 cm³/mol. The summed E-state index contributed by atoms with van der Waals surface area (Å²) in [6.07, 6.45) is 1.92. The molecule has 2 aromatic heterocycles. The van der Waals surface area contributed by atoms with E-state index < -0.39 is 0 Å². The zero-order valence-electron chi connectivity index (χ0n) is 9.65. The molecule has 5 heteroatoms. The molecule has 0 amide bonds. The van der Waals surface area contributed by atoms with Crippen LogP contribution in [-0.4, -0.2) is 16.5 Å². The maximum Gasteiger partial charge on any atom is 0.183 e. The van der Waals surface area contributed by atoms with Crippen LogP contribution in [-0.2, 0) is 0 Å². The van der Waals surface area contributed by atoms with E-state index in [9.17, 15) is 0 Å². The predicted octanol–water partition coefficient (Wildman–Crippen LogP) is 3.82. The highest BCUT2D eigenvalue weighted by Crippen LogP contribution is 2.31. The molecule has 0 aliphatic carbocycles. The Morgan fingerprint density at radius 2 is 2.25 bits per heavy atom. The lowest BCUT2D eigenvalue weighted by molar-refractivity contribution is 0.852. The Bertz CT molecular complexity index is 459. The van der Waals surface area contributed by atoms with Crippen molar-refractivity contribution in [2.75, 3.05) is 11.9 Å². The van der Waals surface area contributed by atoms with Crippen LogP contribution in [0.4, 0.5) is 5.13 Å². The van der Waals surface area contributed by atoms with Crippen molar-refractivity contribution in [3.05, 3.63) is 16.6 Å². The second kappa shape index (κ2) is 4.93. The number of aromatic nitrogens is 2. The summed E-state index contributed by atoms with van der Waals surface area (Å²) in [6, 6.07) is 0. The van der Waals surface area contributed by atoms with Gasteiger partial charge in [-0.1, -0.05) is 13.8 Å². The zero-order valence-corrected chi connectivity index (χ0v) is 11.3. The minimum Gasteiger partial charge on any atom is -0.362 e. The molecule has 86 valence electrons. The molecule has 2 aromatic rings. The van der Waals surface area contributed by atoms with Crippen LogP contribution in [0.3, 0.4) is 0 Å². The van der Waals surface area contributed by atoms with E-state index in [1.54, 1.807) is 22.7 Å². The molecule has 0 spiro atoms. The summed E-state index contributed by atoms with van der Waals surface area (Å²) >= 11 is 3.37. The number of nitrogens with one attached hydrogen (secondary N) is 1. The highest BCUT2D eigenvalue weighted by Gasteiger charge is 2.10. The summed E-state index contributed by atoms with van der Waals surface area (Å²) in [5.74, 6) is 0.491. The van der Waals surface area contributed by atoms with Gasteiger partial charge in [0.15, 0.2) is 5.13 Å². The third-order valence-corrected chi connectivity index (χ3v) is 4.22. The van der Waals surface area contributed by atoms with Gasteiger partial charge in [0.1, 0.15) is 0 Å². The molecule has 3 nitrogen and oxygen atoms in total. The summed E-state index contributed by atoms with van der Waals surface area (Å²) in [5, 5.41) is 7.46. The fourth-order valence-corrected chi connectivity index (χ4v) is 3.03. The fourth-order valence-electron chi connectivity index (χ4n) is 1.29. The van der Waals surface area contributed by atoms with Gasteiger partial charge in [0.05, 0.1) is 15.6 Å². The van der Waals surface area contributed by atoms with Crippen LogP contribution in [0.25, 0.3) is 10.6 Å². The number of anilines is 1. The van der Waals surface area contributed by atoms with Gasteiger partial charge in [-0.25, -0.2) is 9.97 Å². The van der Waals surface area contributed by atoms with Crippen LogP contribution in [0.2, 0.25) is 0 Å². The third-order valence-electron chi connectivity index (χ3n) is 2.10. The first-order valence-corrected chi connectivity index (χ1v) is 7.05.